The Balaban J connectivity index is 2.59. The summed E-state index contributed by atoms with van der Waals surface area (Å²) < 4.78 is 25.5. The molecule has 0 aromatic heterocycles. The van der Waals surface area contributed by atoms with Crippen molar-refractivity contribution in [3.8, 4) is 0 Å². The highest BCUT2D eigenvalue weighted by atomic mass is 32.2. The van der Waals surface area contributed by atoms with Crippen LogP contribution in [0.5, 0.6) is 0 Å². The van der Waals surface area contributed by atoms with Crippen molar-refractivity contribution < 1.29 is 8.42 Å². The van der Waals surface area contributed by atoms with Crippen LogP contribution in [0.25, 0.3) is 0 Å². The first kappa shape index (κ1) is 16.9. The minimum absolute atomic E-state index is 0.213. The summed E-state index contributed by atoms with van der Waals surface area (Å²) in [7, 11) is -3.02. The van der Waals surface area contributed by atoms with E-state index in [1.54, 1.807) is 11.2 Å². The van der Waals surface area contributed by atoms with Gasteiger partial charge in [0.05, 0.1) is 5.75 Å². The SMILES string of the molecule is CCS(=O)(=O)N1CCCN(C(C)CC(C)(C)C)CC1. The van der Waals surface area contributed by atoms with Crippen molar-refractivity contribution in [2.24, 2.45) is 5.41 Å². The van der Waals surface area contributed by atoms with Crippen LogP contribution in [0.15, 0.2) is 0 Å². The summed E-state index contributed by atoms with van der Waals surface area (Å²) in [4.78, 5) is 2.44. The lowest BCUT2D eigenvalue weighted by Crippen LogP contribution is -2.40. The van der Waals surface area contributed by atoms with Crippen LogP contribution in [0.2, 0.25) is 0 Å². The fraction of sp³-hybridized carbons (Fsp3) is 1.00. The van der Waals surface area contributed by atoms with Gasteiger partial charge in [-0.2, -0.15) is 0 Å². The third-order valence-electron chi connectivity index (χ3n) is 3.78. The summed E-state index contributed by atoms with van der Waals surface area (Å²) >= 11 is 0. The van der Waals surface area contributed by atoms with Gasteiger partial charge in [-0.25, -0.2) is 12.7 Å². The number of hydrogen-bond acceptors (Lipinski definition) is 3. The molecular formula is C14H30N2O2S. The molecule has 0 bridgehead atoms. The van der Waals surface area contributed by atoms with Gasteiger partial charge < -0.3 is 0 Å². The topological polar surface area (TPSA) is 40.6 Å². The lowest BCUT2D eigenvalue weighted by Gasteiger charge is -2.32. The van der Waals surface area contributed by atoms with Crippen LogP contribution < -0.4 is 0 Å². The Morgan fingerprint density at radius 2 is 1.74 bits per heavy atom. The van der Waals surface area contributed by atoms with Gasteiger partial charge in [-0.05, 0) is 38.6 Å². The van der Waals surface area contributed by atoms with E-state index in [0.717, 1.165) is 25.9 Å². The first-order chi connectivity index (χ1) is 8.65. The molecule has 0 aromatic rings. The largest absolute Gasteiger partial charge is 0.299 e. The molecule has 114 valence electrons. The zero-order valence-corrected chi connectivity index (χ0v) is 14.0. The Hall–Kier alpha value is -0.130. The lowest BCUT2D eigenvalue weighted by atomic mass is 9.88. The number of rotatable bonds is 4. The van der Waals surface area contributed by atoms with E-state index in [1.807, 2.05) is 0 Å². The van der Waals surface area contributed by atoms with Crippen LogP contribution in [0.4, 0.5) is 0 Å². The van der Waals surface area contributed by atoms with Gasteiger partial charge in [0.25, 0.3) is 0 Å². The molecule has 1 rings (SSSR count). The van der Waals surface area contributed by atoms with E-state index in [1.165, 1.54) is 0 Å². The molecule has 1 unspecified atom stereocenters. The van der Waals surface area contributed by atoms with E-state index in [0.29, 0.717) is 24.5 Å². The second-order valence-electron chi connectivity index (χ2n) is 6.80. The van der Waals surface area contributed by atoms with Crippen LogP contribution in [-0.2, 0) is 10.0 Å². The Bertz CT molecular complexity index is 373. The predicted molar refractivity (Wildman–Crippen MR) is 80.8 cm³/mol. The molecule has 0 spiro atoms. The molecule has 19 heavy (non-hydrogen) atoms. The van der Waals surface area contributed by atoms with Crippen LogP contribution in [0.1, 0.15) is 47.5 Å². The molecule has 5 heteroatoms. The van der Waals surface area contributed by atoms with Gasteiger partial charge in [0.15, 0.2) is 0 Å². The van der Waals surface area contributed by atoms with E-state index in [9.17, 15) is 8.42 Å². The van der Waals surface area contributed by atoms with E-state index in [2.05, 4.69) is 32.6 Å². The fourth-order valence-electron chi connectivity index (χ4n) is 2.83. The predicted octanol–water partition coefficient (Wildman–Crippen LogP) is 2.17. The molecule has 1 heterocycles. The highest BCUT2D eigenvalue weighted by Crippen LogP contribution is 2.24. The summed E-state index contributed by atoms with van der Waals surface area (Å²) in [6, 6.07) is 0.518. The van der Waals surface area contributed by atoms with Crippen molar-refractivity contribution in [3.63, 3.8) is 0 Å². The van der Waals surface area contributed by atoms with Crippen LogP contribution in [-0.4, -0.2) is 55.6 Å². The molecular weight excluding hydrogens is 260 g/mol. The summed E-state index contributed by atoms with van der Waals surface area (Å²) in [6.45, 7) is 13.9. The fourth-order valence-corrected chi connectivity index (χ4v) is 3.96. The van der Waals surface area contributed by atoms with E-state index in [-0.39, 0.29) is 5.75 Å². The van der Waals surface area contributed by atoms with Crippen molar-refractivity contribution in [2.45, 2.75) is 53.5 Å². The Labute approximate surface area is 119 Å². The second kappa shape index (κ2) is 6.55. The molecule has 1 aliphatic heterocycles. The number of nitrogens with zero attached hydrogens (tertiary/aromatic N) is 2. The second-order valence-corrected chi connectivity index (χ2v) is 9.06. The third kappa shape index (κ3) is 5.40. The third-order valence-corrected chi connectivity index (χ3v) is 5.66. The zero-order chi connectivity index (χ0) is 14.7. The van der Waals surface area contributed by atoms with Gasteiger partial charge in [0, 0.05) is 25.7 Å². The molecule has 1 saturated heterocycles. The van der Waals surface area contributed by atoms with E-state index < -0.39 is 10.0 Å². The quantitative estimate of drug-likeness (QED) is 0.797. The standard InChI is InChI=1S/C14H30N2O2S/c1-6-19(17,18)16-9-7-8-15(10-11-16)13(2)12-14(3,4)5/h13H,6-12H2,1-5H3. The average Bonchev–Trinajstić information content (AvgIpc) is 2.52. The van der Waals surface area contributed by atoms with E-state index in [4.69, 9.17) is 0 Å². The Kier molecular flexibility index (Phi) is 5.83. The van der Waals surface area contributed by atoms with Crippen LogP contribution in [0.3, 0.4) is 0 Å². The van der Waals surface area contributed by atoms with Crippen molar-refractivity contribution in [2.75, 3.05) is 31.9 Å². The van der Waals surface area contributed by atoms with Crippen molar-refractivity contribution in [1.29, 1.82) is 0 Å². The lowest BCUT2D eigenvalue weighted by molar-refractivity contribution is 0.167. The van der Waals surface area contributed by atoms with Gasteiger partial charge >= 0.3 is 0 Å². The van der Waals surface area contributed by atoms with Crippen LogP contribution >= 0.6 is 0 Å². The molecule has 1 aliphatic rings. The van der Waals surface area contributed by atoms with Crippen molar-refractivity contribution >= 4 is 10.0 Å². The Morgan fingerprint density at radius 1 is 1.11 bits per heavy atom. The molecule has 1 atom stereocenters. The minimum atomic E-state index is -3.02. The smallest absolute Gasteiger partial charge is 0.213 e. The first-order valence-electron chi connectivity index (χ1n) is 7.37. The molecule has 1 fully saturated rings. The maximum atomic E-state index is 11.9. The van der Waals surface area contributed by atoms with Crippen molar-refractivity contribution in [1.82, 2.24) is 9.21 Å². The molecule has 0 amide bonds. The molecule has 0 aliphatic carbocycles. The first-order valence-corrected chi connectivity index (χ1v) is 8.98. The zero-order valence-electron chi connectivity index (χ0n) is 13.1. The normalized spacial score (nSPS) is 22.2. The molecule has 4 nitrogen and oxygen atoms in total. The summed E-state index contributed by atoms with van der Waals surface area (Å²) in [5, 5.41) is 0. The van der Waals surface area contributed by atoms with Gasteiger partial charge in [0.2, 0.25) is 10.0 Å². The summed E-state index contributed by atoms with van der Waals surface area (Å²) in [6.07, 6.45) is 2.08. The maximum Gasteiger partial charge on any atom is 0.213 e. The van der Waals surface area contributed by atoms with Gasteiger partial charge in [-0.1, -0.05) is 20.8 Å². The number of hydrogen-bond donors (Lipinski definition) is 0. The van der Waals surface area contributed by atoms with Gasteiger partial charge in [0.1, 0.15) is 0 Å². The van der Waals surface area contributed by atoms with Gasteiger partial charge in [-0.15, -0.1) is 0 Å². The minimum Gasteiger partial charge on any atom is -0.299 e. The maximum absolute atomic E-state index is 11.9. The molecule has 0 radical (unpaired) electrons. The van der Waals surface area contributed by atoms with Crippen LogP contribution in [0, 0.1) is 5.41 Å². The highest BCUT2D eigenvalue weighted by molar-refractivity contribution is 7.89. The van der Waals surface area contributed by atoms with Gasteiger partial charge in [-0.3, -0.25) is 4.90 Å². The summed E-state index contributed by atoms with van der Waals surface area (Å²) in [5.74, 6) is 0.213. The molecule has 0 aromatic carbocycles. The Morgan fingerprint density at radius 3 is 2.26 bits per heavy atom. The molecule has 0 saturated carbocycles. The van der Waals surface area contributed by atoms with Crippen molar-refractivity contribution in [3.05, 3.63) is 0 Å². The number of sulfonamides is 1. The molecule has 0 N–H and O–H groups in total. The van der Waals surface area contributed by atoms with E-state index >= 15 is 0 Å². The average molecular weight is 290 g/mol. The highest BCUT2D eigenvalue weighted by Gasteiger charge is 2.26. The monoisotopic (exact) mass is 290 g/mol. The summed E-state index contributed by atoms with van der Waals surface area (Å²) in [5.41, 5.74) is 0.320.